The molecular weight excluding hydrogens is 306 g/mol. The number of carbonyl (C=O) groups excluding carboxylic acids is 1. The van der Waals surface area contributed by atoms with E-state index in [0.717, 1.165) is 27.2 Å². The van der Waals surface area contributed by atoms with Crippen molar-refractivity contribution in [1.82, 2.24) is 9.97 Å². The van der Waals surface area contributed by atoms with Crippen LogP contribution in [0.25, 0.3) is 10.8 Å². The van der Waals surface area contributed by atoms with Crippen LogP contribution < -0.4 is 5.32 Å². The van der Waals surface area contributed by atoms with E-state index in [2.05, 4.69) is 15.3 Å². The highest BCUT2D eigenvalue weighted by atomic mass is 35.5. The number of carbonyl (C=O) groups is 1. The van der Waals surface area contributed by atoms with Gasteiger partial charge in [-0.05, 0) is 17.5 Å². The van der Waals surface area contributed by atoms with E-state index in [-0.39, 0.29) is 12.3 Å². The summed E-state index contributed by atoms with van der Waals surface area (Å²) in [5.41, 5.74) is 1.57. The van der Waals surface area contributed by atoms with E-state index in [0.29, 0.717) is 5.88 Å². The summed E-state index contributed by atoms with van der Waals surface area (Å²) in [4.78, 5) is 20.5. The van der Waals surface area contributed by atoms with Crippen molar-refractivity contribution in [3.8, 4) is 0 Å². The number of hydrogen-bond acceptors (Lipinski definition) is 4. The fourth-order valence-corrected chi connectivity index (χ4v) is 3.07. The lowest BCUT2D eigenvalue weighted by Gasteiger charge is -2.07. The number of thiazole rings is 1. The molecule has 0 atom stereocenters. The van der Waals surface area contributed by atoms with Gasteiger partial charge in [-0.3, -0.25) is 9.78 Å². The maximum absolute atomic E-state index is 12.1. The van der Waals surface area contributed by atoms with Crippen molar-refractivity contribution in [2.45, 2.75) is 12.3 Å². The van der Waals surface area contributed by atoms with Crippen LogP contribution >= 0.6 is 22.9 Å². The predicted molar refractivity (Wildman–Crippen MR) is 85.7 cm³/mol. The second-order valence-electron chi connectivity index (χ2n) is 4.49. The highest BCUT2D eigenvalue weighted by Crippen LogP contribution is 2.22. The second-order valence-corrected chi connectivity index (χ2v) is 5.70. The molecule has 0 aliphatic heterocycles. The number of anilines is 1. The first kappa shape index (κ1) is 14.0. The molecule has 1 N–H and O–H groups in total. The van der Waals surface area contributed by atoms with E-state index < -0.39 is 0 Å². The molecule has 2 heterocycles. The molecule has 0 spiro atoms. The Morgan fingerprint density at radius 3 is 3.05 bits per heavy atom. The van der Waals surface area contributed by atoms with Gasteiger partial charge in [0.05, 0.1) is 23.7 Å². The van der Waals surface area contributed by atoms with Crippen LogP contribution in [0.15, 0.2) is 42.0 Å². The van der Waals surface area contributed by atoms with Crippen LogP contribution in [-0.4, -0.2) is 15.9 Å². The lowest BCUT2D eigenvalue weighted by molar-refractivity contribution is -0.115. The molecule has 0 aliphatic carbocycles. The highest BCUT2D eigenvalue weighted by molar-refractivity contribution is 7.09. The lowest BCUT2D eigenvalue weighted by Crippen LogP contribution is -2.14. The molecule has 6 heteroatoms. The van der Waals surface area contributed by atoms with E-state index in [1.807, 2.05) is 29.6 Å². The van der Waals surface area contributed by atoms with Crippen molar-refractivity contribution in [1.29, 1.82) is 0 Å². The Kier molecular flexibility index (Phi) is 4.13. The first-order valence-corrected chi connectivity index (χ1v) is 7.79. The van der Waals surface area contributed by atoms with Gasteiger partial charge in [-0.1, -0.05) is 12.1 Å². The number of amides is 1. The summed E-state index contributed by atoms with van der Waals surface area (Å²) in [6.07, 6.45) is 3.73. The van der Waals surface area contributed by atoms with Crippen LogP contribution in [0, 0.1) is 0 Å². The number of rotatable bonds is 4. The van der Waals surface area contributed by atoms with Gasteiger partial charge in [0.15, 0.2) is 0 Å². The number of nitrogens with one attached hydrogen (secondary N) is 1. The van der Waals surface area contributed by atoms with Crippen molar-refractivity contribution >= 4 is 45.3 Å². The van der Waals surface area contributed by atoms with Crippen LogP contribution in [-0.2, 0) is 17.1 Å². The zero-order valence-electron chi connectivity index (χ0n) is 11.0. The number of pyridine rings is 1. The number of alkyl halides is 1. The maximum Gasteiger partial charge on any atom is 0.231 e. The third-order valence-corrected chi connectivity index (χ3v) is 4.18. The van der Waals surface area contributed by atoms with Gasteiger partial charge in [-0.15, -0.1) is 22.9 Å². The Labute approximate surface area is 130 Å². The van der Waals surface area contributed by atoms with Crippen molar-refractivity contribution in [2.24, 2.45) is 0 Å². The number of nitrogens with zero attached hydrogens (tertiary/aromatic N) is 2. The normalized spacial score (nSPS) is 10.7. The van der Waals surface area contributed by atoms with Gasteiger partial charge in [0.2, 0.25) is 5.91 Å². The molecule has 3 rings (SSSR count). The van der Waals surface area contributed by atoms with Gasteiger partial charge < -0.3 is 5.32 Å². The second kappa shape index (κ2) is 6.20. The van der Waals surface area contributed by atoms with E-state index in [4.69, 9.17) is 11.6 Å². The standard InChI is InChI=1S/C15H12ClN3OS/c16-7-11-9-21-15(18-11)6-14(20)19-13-3-1-2-10-4-5-17-8-12(10)13/h1-5,8-9H,6-7H2,(H,19,20). The summed E-state index contributed by atoms with van der Waals surface area (Å²) < 4.78 is 0. The van der Waals surface area contributed by atoms with Crippen molar-refractivity contribution in [3.63, 3.8) is 0 Å². The first-order valence-electron chi connectivity index (χ1n) is 6.38. The largest absolute Gasteiger partial charge is 0.325 e. The molecule has 1 aromatic carbocycles. The number of aromatic nitrogens is 2. The molecule has 0 unspecified atom stereocenters. The molecule has 0 saturated heterocycles. The molecule has 21 heavy (non-hydrogen) atoms. The Balaban J connectivity index is 1.77. The van der Waals surface area contributed by atoms with E-state index in [1.54, 1.807) is 12.4 Å². The smallest absolute Gasteiger partial charge is 0.231 e. The fraction of sp³-hybridized carbons (Fsp3) is 0.133. The Morgan fingerprint density at radius 1 is 1.33 bits per heavy atom. The number of halogens is 1. The summed E-state index contributed by atoms with van der Waals surface area (Å²) in [7, 11) is 0. The summed E-state index contributed by atoms with van der Waals surface area (Å²) in [5, 5.41) is 7.52. The molecule has 106 valence electrons. The third-order valence-electron chi connectivity index (χ3n) is 3.01. The fourth-order valence-electron chi connectivity index (χ4n) is 2.05. The van der Waals surface area contributed by atoms with Crippen LogP contribution in [0.3, 0.4) is 0 Å². The molecule has 3 aromatic rings. The third kappa shape index (κ3) is 3.20. The summed E-state index contributed by atoms with van der Waals surface area (Å²) in [6.45, 7) is 0. The number of fused-ring (bicyclic) bond motifs is 1. The van der Waals surface area contributed by atoms with Gasteiger partial charge in [0, 0.05) is 23.2 Å². The quantitative estimate of drug-likeness (QED) is 0.748. The van der Waals surface area contributed by atoms with Gasteiger partial charge >= 0.3 is 0 Å². The molecule has 0 saturated carbocycles. The minimum absolute atomic E-state index is 0.0955. The minimum Gasteiger partial charge on any atom is -0.325 e. The molecule has 2 aromatic heterocycles. The monoisotopic (exact) mass is 317 g/mol. The molecule has 0 bridgehead atoms. The Bertz CT molecular complexity index is 782. The highest BCUT2D eigenvalue weighted by Gasteiger charge is 2.09. The average Bonchev–Trinajstić information content (AvgIpc) is 2.95. The first-order chi connectivity index (χ1) is 10.3. The van der Waals surface area contributed by atoms with Gasteiger partial charge in [0.1, 0.15) is 5.01 Å². The molecule has 0 aliphatic rings. The van der Waals surface area contributed by atoms with Crippen molar-refractivity contribution in [3.05, 3.63) is 52.7 Å². The number of hydrogen-bond donors (Lipinski definition) is 1. The topological polar surface area (TPSA) is 54.9 Å². The molecular formula is C15H12ClN3OS. The maximum atomic E-state index is 12.1. The SMILES string of the molecule is O=C(Cc1nc(CCl)cs1)Nc1cccc2ccncc12. The molecule has 0 fully saturated rings. The molecule has 4 nitrogen and oxygen atoms in total. The zero-order valence-corrected chi connectivity index (χ0v) is 12.6. The molecule has 0 radical (unpaired) electrons. The predicted octanol–water partition coefficient (Wildman–Crippen LogP) is 3.61. The minimum atomic E-state index is -0.0955. The lowest BCUT2D eigenvalue weighted by atomic mass is 10.1. The average molecular weight is 318 g/mol. The van der Waals surface area contributed by atoms with Crippen LogP contribution in [0.4, 0.5) is 5.69 Å². The molecule has 1 amide bonds. The van der Waals surface area contributed by atoms with Crippen LogP contribution in [0.1, 0.15) is 10.7 Å². The summed E-state index contributed by atoms with van der Waals surface area (Å²) in [6, 6.07) is 7.68. The van der Waals surface area contributed by atoms with Crippen LogP contribution in [0.5, 0.6) is 0 Å². The number of benzene rings is 1. The van der Waals surface area contributed by atoms with Gasteiger partial charge in [0.25, 0.3) is 0 Å². The summed E-state index contributed by atoms with van der Waals surface area (Å²) >= 11 is 7.16. The van der Waals surface area contributed by atoms with Crippen molar-refractivity contribution < 1.29 is 4.79 Å². The van der Waals surface area contributed by atoms with Crippen molar-refractivity contribution in [2.75, 3.05) is 5.32 Å². The van der Waals surface area contributed by atoms with E-state index in [1.165, 1.54) is 11.3 Å². The van der Waals surface area contributed by atoms with E-state index >= 15 is 0 Å². The van der Waals surface area contributed by atoms with Gasteiger partial charge in [-0.25, -0.2) is 4.98 Å². The summed E-state index contributed by atoms with van der Waals surface area (Å²) in [5.74, 6) is 0.273. The zero-order chi connectivity index (χ0) is 14.7. The van der Waals surface area contributed by atoms with Crippen LogP contribution in [0.2, 0.25) is 0 Å². The van der Waals surface area contributed by atoms with Gasteiger partial charge in [-0.2, -0.15) is 0 Å². The Hall–Kier alpha value is -1.98. The van der Waals surface area contributed by atoms with E-state index in [9.17, 15) is 4.79 Å². The Morgan fingerprint density at radius 2 is 2.24 bits per heavy atom.